The van der Waals surface area contributed by atoms with Gasteiger partial charge in [0, 0.05) is 42.1 Å². The average Bonchev–Trinajstić information content (AvgIpc) is 2.76. The highest BCUT2D eigenvalue weighted by Crippen LogP contribution is 2.28. The lowest BCUT2D eigenvalue weighted by atomic mass is 9.86. The number of aromatic hydroxyl groups is 1. The van der Waals surface area contributed by atoms with Crippen molar-refractivity contribution in [1.82, 2.24) is 15.3 Å². The van der Waals surface area contributed by atoms with Gasteiger partial charge in [0.1, 0.15) is 11.6 Å². The number of anilines is 2. The normalized spacial score (nSPS) is 18.8. The summed E-state index contributed by atoms with van der Waals surface area (Å²) in [5.74, 6) is 2.66. The van der Waals surface area contributed by atoms with Gasteiger partial charge >= 0.3 is 0 Å². The Balaban J connectivity index is 1.29. The van der Waals surface area contributed by atoms with Crippen LogP contribution in [0, 0.1) is 5.92 Å². The van der Waals surface area contributed by atoms with E-state index in [4.69, 9.17) is 9.97 Å². The monoisotopic (exact) mass is 483 g/mol. The maximum absolute atomic E-state index is 10.0. The summed E-state index contributed by atoms with van der Waals surface area (Å²) in [6, 6.07) is 14.2. The van der Waals surface area contributed by atoms with Crippen LogP contribution in [0.1, 0.15) is 31.2 Å². The largest absolute Gasteiger partial charge is 0.508 e. The number of phenolic OH excluding ortho intramolecular Hbond substituents is 1. The van der Waals surface area contributed by atoms with Crippen LogP contribution < -0.4 is 15.5 Å². The van der Waals surface area contributed by atoms with Crippen molar-refractivity contribution in [3.05, 3.63) is 52.5 Å². The molecule has 0 radical (unpaired) electrons. The van der Waals surface area contributed by atoms with Crippen LogP contribution in [-0.4, -0.2) is 41.8 Å². The average molecular weight is 484 g/mol. The maximum atomic E-state index is 10.0. The van der Waals surface area contributed by atoms with Gasteiger partial charge in [0.2, 0.25) is 5.95 Å². The summed E-state index contributed by atoms with van der Waals surface area (Å²) in [4.78, 5) is 11.6. The molecule has 0 atom stereocenters. The number of para-hydroxylation sites is 1. The molecule has 1 aliphatic carbocycles. The van der Waals surface area contributed by atoms with Crippen LogP contribution in [0.15, 0.2) is 46.9 Å². The number of rotatable bonds is 7. The molecule has 1 saturated carbocycles. The number of halogens is 1. The van der Waals surface area contributed by atoms with Crippen molar-refractivity contribution < 1.29 is 5.11 Å². The molecule has 1 aromatic heterocycles. The number of aromatic nitrogens is 2. The number of hydrogen-bond acceptors (Lipinski definition) is 6. The van der Waals surface area contributed by atoms with Crippen molar-refractivity contribution in [2.45, 2.75) is 38.3 Å². The zero-order chi connectivity index (χ0) is 21.8. The summed E-state index contributed by atoms with van der Waals surface area (Å²) in [6.45, 7) is 1.66. The summed E-state index contributed by atoms with van der Waals surface area (Å²) < 4.78 is 0.896. The van der Waals surface area contributed by atoms with Crippen molar-refractivity contribution in [1.29, 1.82) is 0 Å². The first-order valence-corrected chi connectivity index (χ1v) is 11.7. The van der Waals surface area contributed by atoms with E-state index in [9.17, 15) is 5.11 Å². The summed E-state index contributed by atoms with van der Waals surface area (Å²) in [6.07, 6.45) is 4.57. The van der Waals surface area contributed by atoms with Gasteiger partial charge in [0.25, 0.3) is 0 Å². The molecule has 0 amide bonds. The highest BCUT2D eigenvalue weighted by molar-refractivity contribution is 9.10. The molecule has 0 bridgehead atoms. The second kappa shape index (κ2) is 9.83. The van der Waals surface area contributed by atoms with Crippen LogP contribution in [0.2, 0.25) is 0 Å². The van der Waals surface area contributed by atoms with E-state index in [0.717, 1.165) is 52.1 Å². The van der Waals surface area contributed by atoms with Crippen molar-refractivity contribution in [2.24, 2.45) is 5.92 Å². The van der Waals surface area contributed by atoms with Gasteiger partial charge < -0.3 is 20.6 Å². The van der Waals surface area contributed by atoms with Gasteiger partial charge in [-0.15, -0.1) is 0 Å². The molecule has 0 spiro atoms. The van der Waals surface area contributed by atoms with Gasteiger partial charge in [-0.3, -0.25) is 0 Å². The van der Waals surface area contributed by atoms with Crippen LogP contribution in [-0.2, 0) is 6.54 Å². The Labute approximate surface area is 192 Å². The van der Waals surface area contributed by atoms with Crippen LogP contribution in [0.5, 0.6) is 5.75 Å². The zero-order valence-electron chi connectivity index (χ0n) is 18.1. The fraction of sp³-hybridized carbons (Fsp3) is 0.417. The van der Waals surface area contributed by atoms with Crippen molar-refractivity contribution in [3.8, 4) is 5.75 Å². The summed E-state index contributed by atoms with van der Waals surface area (Å²) >= 11 is 3.38. The molecule has 0 saturated heterocycles. The van der Waals surface area contributed by atoms with Crippen molar-refractivity contribution in [2.75, 3.05) is 30.9 Å². The van der Waals surface area contributed by atoms with E-state index in [-0.39, 0.29) is 0 Å². The number of fused-ring (bicyclic) bond motifs is 1. The molecular formula is C24H30BrN5O. The second-order valence-electron chi connectivity index (χ2n) is 8.55. The second-order valence-corrected chi connectivity index (χ2v) is 9.46. The number of benzene rings is 2. The summed E-state index contributed by atoms with van der Waals surface area (Å²) in [7, 11) is 4.04. The lowest BCUT2D eigenvalue weighted by Crippen LogP contribution is -2.31. The fourth-order valence-electron chi connectivity index (χ4n) is 4.26. The minimum Gasteiger partial charge on any atom is -0.508 e. The van der Waals surface area contributed by atoms with E-state index in [1.54, 1.807) is 6.07 Å². The van der Waals surface area contributed by atoms with Crippen LogP contribution in [0.25, 0.3) is 10.9 Å². The molecule has 31 heavy (non-hydrogen) atoms. The quantitative estimate of drug-likeness (QED) is 0.442. The number of nitrogens with one attached hydrogen (secondary N) is 2. The number of hydrogen-bond donors (Lipinski definition) is 3. The van der Waals surface area contributed by atoms with E-state index in [1.165, 1.54) is 12.8 Å². The Hall–Kier alpha value is -2.38. The Morgan fingerprint density at radius 2 is 1.84 bits per heavy atom. The molecule has 4 rings (SSSR count). The molecule has 1 fully saturated rings. The van der Waals surface area contributed by atoms with E-state index in [0.29, 0.717) is 24.3 Å². The van der Waals surface area contributed by atoms with Gasteiger partial charge in [-0.2, -0.15) is 4.98 Å². The van der Waals surface area contributed by atoms with Gasteiger partial charge in [-0.05, 0) is 62.4 Å². The van der Waals surface area contributed by atoms with E-state index < -0.39 is 0 Å². The van der Waals surface area contributed by atoms with Crippen molar-refractivity contribution in [3.63, 3.8) is 0 Å². The topological polar surface area (TPSA) is 73.3 Å². The minimum atomic E-state index is 0.335. The van der Waals surface area contributed by atoms with Gasteiger partial charge in [-0.25, -0.2) is 4.98 Å². The number of nitrogens with zero attached hydrogens (tertiary/aromatic N) is 3. The van der Waals surface area contributed by atoms with Gasteiger partial charge in [-0.1, -0.05) is 34.1 Å². The standard InChI is InChI=1S/C24H30BrN5O/c1-30(2)23-20-5-3-4-6-21(20)28-24(29-23)27-19-11-7-16(8-12-19)14-26-15-17-9-10-18(25)13-22(17)31/h3-6,9-10,13,16,19,26,31H,7-8,11-12,14-15H2,1-2H3,(H,27,28,29). The lowest BCUT2D eigenvalue weighted by Gasteiger charge is -2.29. The maximum Gasteiger partial charge on any atom is 0.225 e. The molecule has 0 aliphatic heterocycles. The first-order valence-electron chi connectivity index (χ1n) is 10.9. The molecule has 2 aromatic carbocycles. The molecule has 1 aliphatic rings. The zero-order valence-corrected chi connectivity index (χ0v) is 19.7. The highest BCUT2D eigenvalue weighted by atomic mass is 79.9. The summed E-state index contributed by atoms with van der Waals surface area (Å²) in [5, 5.41) is 18.2. The highest BCUT2D eigenvalue weighted by Gasteiger charge is 2.22. The molecular weight excluding hydrogens is 454 g/mol. The summed E-state index contributed by atoms with van der Waals surface area (Å²) in [5.41, 5.74) is 1.90. The third-order valence-corrected chi connectivity index (χ3v) is 6.48. The Kier molecular flexibility index (Phi) is 6.92. The smallest absolute Gasteiger partial charge is 0.225 e. The van der Waals surface area contributed by atoms with E-state index >= 15 is 0 Å². The van der Waals surface area contributed by atoms with Gasteiger partial charge in [0.05, 0.1) is 5.52 Å². The third-order valence-electron chi connectivity index (χ3n) is 5.98. The fourth-order valence-corrected chi connectivity index (χ4v) is 4.61. The third kappa shape index (κ3) is 5.46. The minimum absolute atomic E-state index is 0.335. The molecule has 1 heterocycles. The van der Waals surface area contributed by atoms with Gasteiger partial charge in [0.15, 0.2) is 0 Å². The van der Waals surface area contributed by atoms with Crippen LogP contribution >= 0.6 is 15.9 Å². The van der Waals surface area contributed by atoms with E-state index in [1.807, 2.05) is 49.3 Å². The van der Waals surface area contributed by atoms with E-state index in [2.05, 4.69) is 32.6 Å². The van der Waals surface area contributed by atoms with Crippen LogP contribution in [0.3, 0.4) is 0 Å². The van der Waals surface area contributed by atoms with Crippen molar-refractivity contribution >= 4 is 38.6 Å². The predicted molar refractivity (Wildman–Crippen MR) is 131 cm³/mol. The first kappa shape index (κ1) is 21.8. The lowest BCUT2D eigenvalue weighted by molar-refractivity contribution is 0.323. The van der Waals surface area contributed by atoms with Crippen LogP contribution in [0.4, 0.5) is 11.8 Å². The SMILES string of the molecule is CN(C)c1nc(NC2CCC(CNCc3ccc(Br)cc3O)CC2)nc2ccccc12. The molecule has 7 heteroatoms. The number of phenols is 1. The first-order chi connectivity index (χ1) is 15.0. The Morgan fingerprint density at radius 3 is 2.58 bits per heavy atom. The molecule has 3 aromatic rings. The Morgan fingerprint density at radius 1 is 1.06 bits per heavy atom. The predicted octanol–water partition coefficient (Wildman–Crippen LogP) is 4.92. The molecule has 6 nitrogen and oxygen atoms in total. The molecule has 0 unspecified atom stereocenters. The molecule has 164 valence electrons. The Bertz CT molecular complexity index is 1030. The molecule has 3 N–H and O–H groups in total.